The molecule has 0 spiro atoms. The second-order valence-corrected chi connectivity index (χ2v) is 11.1. The summed E-state index contributed by atoms with van der Waals surface area (Å²) in [5.41, 5.74) is 1.42. The molecule has 38 heavy (non-hydrogen) atoms. The summed E-state index contributed by atoms with van der Waals surface area (Å²) in [5, 5.41) is 0.619. The maximum Gasteiger partial charge on any atom is 0.416 e. The molecule has 2 aliphatic rings. The van der Waals surface area contributed by atoms with Crippen molar-refractivity contribution in [2.24, 2.45) is 0 Å². The Balaban J connectivity index is 1.56. The zero-order valence-corrected chi connectivity index (χ0v) is 22.9. The van der Waals surface area contributed by atoms with Crippen molar-refractivity contribution < 1.29 is 22.7 Å². The van der Waals surface area contributed by atoms with E-state index in [0.29, 0.717) is 45.9 Å². The van der Waals surface area contributed by atoms with E-state index in [0.717, 1.165) is 55.6 Å². The lowest BCUT2D eigenvalue weighted by Gasteiger charge is -2.40. The zero-order valence-electron chi connectivity index (χ0n) is 21.4. The van der Waals surface area contributed by atoms with Crippen LogP contribution < -0.4 is 0 Å². The Bertz CT molecular complexity index is 1320. The van der Waals surface area contributed by atoms with Crippen LogP contribution in [0.5, 0.6) is 0 Å². The number of ether oxygens (including phenoxy) is 1. The molecule has 2 saturated heterocycles. The number of aromatic nitrogens is 1. The van der Waals surface area contributed by atoms with E-state index in [9.17, 15) is 18.0 Å². The maximum absolute atomic E-state index is 13.6. The molecule has 0 saturated carbocycles. The van der Waals surface area contributed by atoms with Crippen LogP contribution in [0.15, 0.2) is 46.9 Å². The molecular formula is C29H31BrF3N3O2. The highest BCUT2D eigenvalue weighted by Crippen LogP contribution is 2.37. The Morgan fingerprint density at radius 1 is 1.05 bits per heavy atom. The zero-order chi connectivity index (χ0) is 26.9. The topological polar surface area (TPSA) is 45.7 Å². The minimum atomic E-state index is -4.49. The molecule has 2 aromatic carbocycles. The van der Waals surface area contributed by atoms with Crippen LogP contribution in [0.3, 0.4) is 0 Å². The van der Waals surface area contributed by atoms with Crippen LogP contribution in [0.4, 0.5) is 13.2 Å². The first-order valence-electron chi connectivity index (χ1n) is 13.1. The normalized spacial score (nSPS) is 18.1. The Labute approximate surface area is 229 Å². The van der Waals surface area contributed by atoms with E-state index in [-0.39, 0.29) is 0 Å². The molecule has 2 aliphatic heterocycles. The molecule has 9 heteroatoms. The number of pyridine rings is 1. The molecule has 0 amide bonds. The van der Waals surface area contributed by atoms with Gasteiger partial charge < -0.3 is 9.64 Å². The number of halogens is 4. The SMILES string of the molecule is COC(=O)c1c(CN2CCC(N3CCCCC3)CC2)c(-c2cccc(C(F)(F)F)c2)nc2cc(Br)ccc12. The van der Waals surface area contributed by atoms with Crippen molar-refractivity contribution in [3.05, 3.63) is 63.6 Å². The van der Waals surface area contributed by atoms with Crippen LogP contribution in [0.1, 0.15) is 53.6 Å². The first kappa shape index (κ1) is 27.1. The van der Waals surface area contributed by atoms with Gasteiger partial charge in [-0.3, -0.25) is 4.90 Å². The van der Waals surface area contributed by atoms with Crippen LogP contribution in [-0.4, -0.2) is 60.1 Å². The molecule has 202 valence electrons. The van der Waals surface area contributed by atoms with E-state index in [1.54, 1.807) is 18.2 Å². The lowest BCUT2D eigenvalue weighted by atomic mass is 9.94. The predicted octanol–water partition coefficient (Wildman–Crippen LogP) is 6.92. The number of hydrogen-bond donors (Lipinski definition) is 0. The van der Waals surface area contributed by atoms with Crippen molar-refractivity contribution >= 4 is 32.8 Å². The summed E-state index contributed by atoms with van der Waals surface area (Å²) in [6, 6.07) is 11.1. The summed E-state index contributed by atoms with van der Waals surface area (Å²) in [7, 11) is 1.32. The van der Waals surface area contributed by atoms with Gasteiger partial charge in [-0.25, -0.2) is 9.78 Å². The van der Waals surface area contributed by atoms with Gasteiger partial charge in [0.1, 0.15) is 0 Å². The summed E-state index contributed by atoms with van der Waals surface area (Å²) < 4.78 is 46.8. The molecule has 0 radical (unpaired) electrons. The molecular weight excluding hydrogens is 559 g/mol. The molecule has 0 N–H and O–H groups in total. The highest BCUT2D eigenvalue weighted by Gasteiger charge is 2.32. The van der Waals surface area contributed by atoms with E-state index < -0.39 is 17.7 Å². The van der Waals surface area contributed by atoms with Crippen molar-refractivity contribution in [2.45, 2.75) is 50.9 Å². The standard InChI is InChI=1S/C29H31BrF3N3O2/c1-38-28(37)26-23-9-8-21(30)17-25(23)34-27(19-6-5-7-20(16-19)29(31,32)33)24(26)18-35-14-10-22(11-15-35)36-12-3-2-4-13-36/h5-9,16-17,22H,2-4,10-15,18H2,1H3. The van der Waals surface area contributed by atoms with Gasteiger partial charge in [0.15, 0.2) is 0 Å². The third-order valence-corrected chi connectivity index (χ3v) is 8.24. The fourth-order valence-electron chi connectivity index (χ4n) is 5.80. The fraction of sp³-hybridized carbons (Fsp3) is 0.448. The third kappa shape index (κ3) is 5.75. The Morgan fingerprint density at radius 2 is 1.79 bits per heavy atom. The van der Waals surface area contributed by atoms with Crippen LogP contribution in [0.25, 0.3) is 22.2 Å². The molecule has 2 fully saturated rings. The van der Waals surface area contributed by atoms with Crippen molar-refractivity contribution in [3.8, 4) is 11.3 Å². The number of carbonyl (C=O) groups is 1. The molecule has 3 heterocycles. The summed E-state index contributed by atoms with van der Waals surface area (Å²) >= 11 is 3.45. The second-order valence-electron chi connectivity index (χ2n) is 10.1. The first-order chi connectivity index (χ1) is 18.2. The summed E-state index contributed by atoms with van der Waals surface area (Å²) in [6.07, 6.45) is 1.37. The van der Waals surface area contributed by atoms with Gasteiger partial charge in [-0.05, 0) is 76.1 Å². The highest BCUT2D eigenvalue weighted by molar-refractivity contribution is 9.10. The number of likely N-dealkylation sites (tertiary alicyclic amines) is 2. The largest absolute Gasteiger partial charge is 0.465 e. The van der Waals surface area contributed by atoms with E-state index in [2.05, 4.69) is 25.7 Å². The van der Waals surface area contributed by atoms with Gasteiger partial charge in [0.25, 0.3) is 0 Å². The molecule has 3 aromatic rings. The van der Waals surface area contributed by atoms with Gasteiger partial charge in [-0.2, -0.15) is 13.2 Å². The minimum Gasteiger partial charge on any atom is -0.465 e. The monoisotopic (exact) mass is 589 g/mol. The van der Waals surface area contributed by atoms with E-state index in [1.807, 2.05) is 6.07 Å². The van der Waals surface area contributed by atoms with Crippen molar-refractivity contribution in [3.63, 3.8) is 0 Å². The van der Waals surface area contributed by atoms with Crippen molar-refractivity contribution in [1.82, 2.24) is 14.8 Å². The van der Waals surface area contributed by atoms with Crippen LogP contribution in [0, 0.1) is 0 Å². The summed E-state index contributed by atoms with van der Waals surface area (Å²) in [4.78, 5) is 22.9. The number of methoxy groups -OCH3 is 1. The maximum atomic E-state index is 13.6. The minimum absolute atomic E-state index is 0.324. The van der Waals surface area contributed by atoms with Crippen molar-refractivity contribution in [2.75, 3.05) is 33.3 Å². The number of benzene rings is 2. The average molecular weight is 590 g/mol. The average Bonchev–Trinajstić information content (AvgIpc) is 2.93. The molecule has 5 rings (SSSR count). The van der Waals surface area contributed by atoms with E-state index >= 15 is 0 Å². The number of nitrogens with zero attached hydrogens (tertiary/aromatic N) is 3. The lowest BCUT2D eigenvalue weighted by Crippen LogP contribution is -2.46. The van der Waals surface area contributed by atoms with Crippen molar-refractivity contribution in [1.29, 1.82) is 0 Å². The summed E-state index contributed by atoms with van der Waals surface area (Å²) in [6.45, 7) is 4.41. The molecule has 0 aliphatic carbocycles. The van der Waals surface area contributed by atoms with Crippen LogP contribution in [-0.2, 0) is 17.5 Å². The van der Waals surface area contributed by atoms with E-state index in [1.165, 1.54) is 32.4 Å². The Morgan fingerprint density at radius 3 is 2.47 bits per heavy atom. The van der Waals surface area contributed by atoms with Crippen LogP contribution in [0.2, 0.25) is 0 Å². The molecule has 0 atom stereocenters. The number of esters is 1. The lowest BCUT2D eigenvalue weighted by molar-refractivity contribution is -0.137. The second kappa shape index (κ2) is 11.3. The number of fused-ring (bicyclic) bond motifs is 1. The number of carbonyl (C=O) groups excluding carboxylic acids is 1. The van der Waals surface area contributed by atoms with Gasteiger partial charge in [0.2, 0.25) is 0 Å². The van der Waals surface area contributed by atoms with Crippen LogP contribution >= 0.6 is 15.9 Å². The Kier molecular flexibility index (Phi) is 8.07. The number of rotatable bonds is 5. The van der Waals surface area contributed by atoms with Gasteiger partial charge in [0, 0.05) is 33.6 Å². The van der Waals surface area contributed by atoms with Gasteiger partial charge in [-0.1, -0.05) is 40.5 Å². The molecule has 0 bridgehead atoms. The molecule has 1 aromatic heterocycles. The van der Waals surface area contributed by atoms with Gasteiger partial charge in [0.05, 0.1) is 29.4 Å². The highest BCUT2D eigenvalue weighted by atomic mass is 79.9. The van der Waals surface area contributed by atoms with Gasteiger partial charge >= 0.3 is 12.1 Å². The fourth-order valence-corrected chi connectivity index (χ4v) is 6.15. The summed E-state index contributed by atoms with van der Waals surface area (Å²) in [5.74, 6) is -0.522. The number of hydrogen-bond acceptors (Lipinski definition) is 5. The van der Waals surface area contributed by atoms with E-state index in [4.69, 9.17) is 9.72 Å². The molecule has 5 nitrogen and oxygen atoms in total. The molecule has 0 unspecified atom stereocenters. The van der Waals surface area contributed by atoms with Gasteiger partial charge in [-0.15, -0.1) is 0 Å². The third-order valence-electron chi connectivity index (χ3n) is 7.75. The quantitative estimate of drug-likeness (QED) is 0.302. The Hall–Kier alpha value is -2.49. The smallest absolute Gasteiger partial charge is 0.416 e. The first-order valence-corrected chi connectivity index (χ1v) is 13.9. The predicted molar refractivity (Wildman–Crippen MR) is 145 cm³/mol. The number of alkyl halides is 3. The number of piperidine rings is 2.